The van der Waals surface area contributed by atoms with Gasteiger partial charge < -0.3 is 9.88 Å². The van der Waals surface area contributed by atoms with Gasteiger partial charge in [0, 0.05) is 18.5 Å². The Labute approximate surface area is 166 Å². The molecule has 1 aromatic carbocycles. The number of aryl methyl sites for hydroxylation is 2. The summed E-state index contributed by atoms with van der Waals surface area (Å²) in [5.41, 5.74) is 2.00. The van der Waals surface area contributed by atoms with E-state index in [1.165, 1.54) is 23.1 Å². The van der Waals surface area contributed by atoms with Crippen molar-refractivity contribution in [3.63, 3.8) is 0 Å². The summed E-state index contributed by atoms with van der Waals surface area (Å²) in [4.78, 5) is 36.0. The van der Waals surface area contributed by atoms with Crippen LogP contribution in [0.1, 0.15) is 28.8 Å². The van der Waals surface area contributed by atoms with Gasteiger partial charge in [-0.15, -0.1) is 23.1 Å². The largest absolute Gasteiger partial charge is 0.340 e. The fourth-order valence-electron chi connectivity index (χ4n) is 2.89. The number of nitrogens with one attached hydrogen (secondary N) is 1. The Hall–Kier alpha value is -2.12. The second-order valence-corrected chi connectivity index (χ2v) is 9.14. The Morgan fingerprint density at radius 2 is 2.00 bits per heavy atom. The fourth-order valence-corrected chi connectivity index (χ4v) is 4.80. The molecule has 5 nitrogen and oxygen atoms in total. The lowest BCUT2D eigenvalue weighted by Gasteiger charge is -2.21. The number of fused-ring (bicyclic) bond motifs is 1. The van der Waals surface area contributed by atoms with E-state index in [0.717, 1.165) is 20.8 Å². The lowest BCUT2D eigenvalue weighted by Crippen LogP contribution is -2.32. The minimum absolute atomic E-state index is 0.0649. The molecule has 2 aromatic heterocycles. The number of amides is 1. The first-order valence-corrected chi connectivity index (χ1v) is 10.6. The van der Waals surface area contributed by atoms with Gasteiger partial charge >= 0.3 is 0 Å². The standard InChI is InChI=1S/C20H23N3O2S2/c1-12-13(2)27-19-17(12)18(24)21-16(22-19)11-26-14(3)20(25)23(4)10-15-8-6-5-7-9-15/h5-9,14H,10-11H2,1-4H3,(H,21,22,24)/t14-/m1/s1. The normalized spacial score (nSPS) is 12.3. The first-order chi connectivity index (χ1) is 12.9. The molecule has 3 aromatic rings. The number of carbonyl (C=O) groups is 1. The molecule has 0 aliphatic heterocycles. The molecular formula is C20H23N3O2S2. The monoisotopic (exact) mass is 401 g/mol. The second kappa shape index (κ2) is 8.27. The highest BCUT2D eigenvalue weighted by Crippen LogP contribution is 2.26. The van der Waals surface area contributed by atoms with Gasteiger partial charge in [-0.05, 0) is 31.9 Å². The van der Waals surface area contributed by atoms with E-state index in [-0.39, 0.29) is 16.7 Å². The number of rotatable bonds is 6. The van der Waals surface area contributed by atoms with Crippen LogP contribution in [0.15, 0.2) is 35.1 Å². The van der Waals surface area contributed by atoms with Crippen molar-refractivity contribution in [2.45, 2.75) is 38.3 Å². The van der Waals surface area contributed by atoms with E-state index in [9.17, 15) is 9.59 Å². The minimum atomic E-state index is -0.216. The Morgan fingerprint density at radius 1 is 1.30 bits per heavy atom. The van der Waals surface area contributed by atoms with Crippen molar-refractivity contribution in [2.75, 3.05) is 7.05 Å². The van der Waals surface area contributed by atoms with E-state index in [1.807, 2.05) is 58.2 Å². The average molecular weight is 402 g/mol. The number of hydrogen-bond donors (Lipinski definition) is 1. The third-order valence-electron chi connectivity index (χ3n) is 4.54. The van der Waals surface area contributed by atoms with Gasteiger partial charge in [-0.1, -0.05) is 30.3 Å². The van der Waals surface area contributed by atoms with Crippen LogP contribution >= 0.6 is 23.1 Å². The van der Waals surface area contributed by atoms with E-state index in [2.05, 4.69) is 9.97 Å². The highest BCUT2D eigenvalue weighted by atomic mass is 32.2. The van der Waals surface area contributed by atoms with Crippen molar-refractivity contribution in [1.29, 1.82) is 0 Å². The van der Waals surface area contributed by atoms with Crippen molar-refractivity contribution in [3.8, 4) is 0 Å². The van der Waals surface area contributed by atoms with Gasteiger partial charge in [0.1, 0.15) is 10.7 Å². The van der Waals surface area contributed by atoms with Crippen LogP contribution in [0.3, 0.4) is 0 Å². The third kappa shape index (κ3) is 4.42. The average Bonchev–Trinajstić information content (AvgIpc) is 2.94. The molecule has 0 fully saturated rings. The SMILES string of the molecule is Cc1sc2nc(CS[C@H](C)C(=O)N(C)Cc3ccccc3)[nH]c(=O)c2c1C. The van der Waals surface area contributed by atoms with Crippen LogP contribution in [0, 0.1) is 13.8 Å². The first-order valence-electron chi connectivity index (χ1n) is 8.76. The number of aromatic amines is 1. The lowest BCUT2D eigenvalue weighted by molar-refractivity contribution is -0.129. The summed E-state index contributed by atoms with van der Waals surface area (Å²) in [6, 6.07) is 9.92. The third-order valence-corrected chi connectivity index (χ3v) is 6.79. The second-order valence-electron chi connectivity index (χ2n) is 6.61. The quantitative estimate of drug-likeness (QED) is 0.681. The summed E-state index contributed by atoms with van der Waals surface area (Å²) >= 11 is 3.02. The maximum atomic E-state index is 12.6. The zero-order valence-corrected chi connectivity index (χ0v) is 17.5. The van der Waals surface area contributed by atoms with E-state index in [1.54, 1.807) is 4.90 Å². The van der Waals surface area contributed by atoms with Crippen LogP contribution in [0.2, 0.25) is 0 Å². The molecule has 0 radical (unpaired) electrons. The molecule has 7 heteroatoms. The van der Waals surface area contributed by atoms with E-state index in [4.69, 9.17) is 0 Å². The summed E-state index contributed by atoms with van der Waals surface area (Å²) in [7, 11) is 1.82. The summed E-state index contributed by atoms with van der Waals surface area (Å²) in [6.07, 6.45) is 0. The molecule has 3 rings (SSSR count). The number of thiophene rings is 1. The molecule has 27 heavy (non-hydrogen) atoms. The predicted octanol–water partition coefficient (Wildman–Crippen LogP) is 3.88. The zero-order chi connectivity index (χ0) is 19.6. The lowest BCUT2D eigenvalue weighted by atomic mass is 10.2. The van der Waals surface area contributed by atoms with Gasteiger partial charge in [0.2, 0.25) is 5.91 Å². The Bertz CT molecular complexity index is 1010. The Balaban J connectivity index is 1.64. The zero-order valence-electron chi connectivity index (χ0n) is 15.9. The molecule has 142 valence electrons. The van der Waals surface area contributed by atoms with Gasteiger partial charge in [0.05, 0.1) is 16.4 Å². The number of carbonyl (C=O) groups excluding carboxylic acids is 1. The minimum Gasteiger partial charge on any atom is -0.340 e. The molecule has 2 heterocycles. The van der Waals surface area contributed by atoms with Crippen molar-refractivity contribution in [1.82, 2.24) is 14.9 Å². The summed E-state index contributed by atoms with van der Waals surface area (Å²) in [6.45, 7) is 6.42. The van der Waals surface area contributed by atoms with Gasteiger partial charge in [-0.2, -0.15) is 0 Å². The van der Waals surface area contributed by atoms with Crippen LogP contribution in [-0.2, 0) is 17.1 Å². The highest BCUT2D eigenvalue weighted by molar-refractivity contribution is 7.99. The van der Waals surface area contributed by atoms with Gasteiger partial charge in [0.25, 0.3) is 5.56 Å². The number of benzene rings is 1. The van der Waals surface area contributed by atoms with Crippen molar-refractivity contribution in [3.05, 3.63) is 62.5 Å². The molecule has 1 atom stereocenters. The molecule has 0 saturated carbocycles. The summed E-state index contributed by atoms with van der Waals surface area (Å²) < 4.78 is 0. The number of H-pyrrole nitrogens is 1. The van der Waals surface area contributed by atoms with E-state index >= 15 is 0 Å². The number of aromatic nitrogens is 2. The number of thioether (sulfide) groups is 1. The first kappa shape index (κ1) is 19.6. The van der Waals surface area contributed by atoms with Crippen LogP contribution in [-0.4, -0.2) is 33.1 Å². The van der Waals surface area contributed by atoms with Crippen LogP contribution in [0.4, 0.5) is 0 Å². The molecular weight excluding hydrogens is 378 g/mol. The molecule has 0 unspecified atom stereocenters. The molecule has 0 aliphatic rings. The molecule has 1 amide bonds. The van der Waals surface area contributed by atoms with Crippen molar-refractivity contribution in [2.24, 2.45) is 0 Å². The van der Waals surface area contributed by atoms with Crippen molar-refractivity contribution < 1.29 is 4.79 Å². The Morgan fingerprint density at radius 3 is 2.70 bits per heavy atom. The predicted molar refractivity (Wildman–Crippen MR) is 113 cm³/mol. The fraction of sp³-hybridized carbons (Fsp3) is 0.350. The van der Waals surface area contributed by atoms with Crippen LogP contribution in [0.25, 0.3) is 10.2 Å². The van der Waals surface area contributed by atoms with Crippen LogP contribution < -0.4 is 5.56 Å². The molecule has 0 spiro atoms. The van der Waals surface area contributed by atoms with Gasteiger partial charge in [-0.3, -0.25) is 9.59 Å². The number of hydrogen-bond acceptors (Lipinski definition) is 5. The Kier molecular flexibility index (Phi) is 6.01. The van der Waals surface area contributed by atoms with Gasteiger partial charge in [-0.25, -0.2) is 4.98 Å². The van der Waals surface area contributed by atoms with E-state index in [0.29, 0.717) is 23.5 Å². The number of nitrogens with zero attached hydrogens (tertiary/aromatic N) is 2. The maximum Gasteiger partial charge on any atom is 0.259 e. The van der Waals surface area contributed by atoms with E-state index < -0.39 is 0 Å². The molecule has 0 aliphatic carbocycles. The summed E-state index contributed by atoms with van der Waals surface area (Å²) in [5, 5.41) is 0.462. The van der Waals surface area contributed by atoms with Crippen LogP contribution in [0.5, 0.6) is 0 Å². The maximum absolute atomic E-state index is 12.6. The molecule has 1 N–H and O–H groups in total. The summed E-state index contributed by atoms with van der Waals surface area (Å²) in [5.74, 6) is 1.17. The topological polar surface area (TPSA) is 66.1 Å². The smallest absolute Gasteiger partial charge is 0.259 e. The van der Waals surface area contributed by atoms with Gasteiger partial charge in [0.15, 0.2) is 0 Å². The molecule has 0 bridgehead atoms. The highest BCUT2D eigenvalue weighted by Gasteiger charge is 2.19. The molecule has 0 saturated heterocycles. The van der Waals surface area contributed by atoms with Crippen molar-refractivity contribution >= 4 is 39.2 Å².